The standard InChI is InChI=1S/C57H38N4/c1-4-13-39(14-5-1)41-23-25-43(26-24-41)48-19-12-20-50(37-48)61-53-22-11-10-21-51(53)52-36-35-49(38-54(52)61)44-29-33-47(34-30-44)57-59-55(45-17-8-3-9-18-45)58-56(60-57)46-31-27-42(28-32-46)40-15-6-2-7-16-40/h1-38H. The van der Waals surface area contributed by atoms with Gasteiger partial charge in [-0.15, -0.1) is 0 Å². The lowest BCUT2D eigenvalue weighted by molar-refractivity contribution is 1.07. The fourth-order valence-corrected chi connectivity index (χ4v) is 8.34. The van der Waals surface area contributed by atoms with Gasteiger partial charge in [0, 0.05) is 33.2 Å². The van der Waals surface area contributed by atoms with Crippen LogP contribution in [-0.4, -0.2) is 19.5 Å². The van der Waals surface area contributed by atoms with E-state index in [1.165, 1.54) is 44.1 Å². The predicted octanol–water partition coefficient (Wildman–Crippen LogP) is 14.6. The summed E-state index contributed by atoms with van der Waals surface area (Å²) in [5, 5.41) is 2.45. The van der Waals surface area contributed by atoms with Crippen LogP contribution in [0.15, 0.2) is 231 Å². The van der Waals surface area contributed by atoms with Gasteiger partial charge < -0.3 is 4.57 Å². The van der Waals surface area contributed by atoms with Gasteiger partial charge in [-0.2, -0.15) is 0 Å². The summed E-state index contributed by atoms with van der Waals surface area (Å²) in [6.07, 6.45) is 0. The van der Waals surface area contributed by atoms with Crippen LogP contribution in [0.2, 0.25) is 0 Å². The molecule has 0 N–H and O–H groups in total. The highest BCUT2D eigenvalue weighted by atomic mass is 15.0. The van der Waals surface area contributed by atoms with E-state index < -0.39 is 0 Å². The van der Waals surface area contributed by atoms with Crippen molar-refractivity contribution in [2.24, 2.45) is 0 Å². The van der Waals surface area contributed by atoms with Gasteiger partial charge in [0.25, 0.3) is 0 Å². The van der Waals surface area contributed by atoms with Crippen molar-refractivity contribution in [3.05, 3.63) is 231 Å². The molecule has 0 amide bonds. The summed E-state index contributed by atoms with van der Waals surface area (Å²) in [6.45, 7) is 0. The maximum Gasteiger partial charge on any atom is 0.164 e. The third-order valence-corrected chi connectivity index (χ3v) is 11.5. The number of hydrogen-bond acceptors (Lipinski definition) is 3. The van der Waals surface area contributed by atoms with Gasteiger partial charge in [-0.25, -0.2) is 15.0 Å². The molecule has 0 saturated carbocycles. The second-order valence-corrected chi connectivity index (χ2v) is 15.3. The van der Waals surface area contributed by atoms with E-state index in [9.17, 15) is 0 Å². The van der Waals surface area contributed by atoms with E-state index in [1.54, 1.807) is 0 Å². The number of benzene rings is 9. The van der Waals surface area contributed by atoms with E-state index in [4.69, 9.17) is 15.0 Å². The molecular formula is C57H38N4. The van der Waals surface area contributed by atoms with Crippen molar-refractivity contribution < 1.29 is 0 Å². The summed E-state index contributed by atoms with van der Waals surface area (Å²) < 4.78 is 2.40. The Hall–Kier alpha value is -8.21. The summed E-state index contributed by atoms with van der Waals surface area (Å²) in [5.74, 6) is 1.91. The predicted molar refractivity (Wildman–Crippen MR) is 252 cm³/mol. The topological polar surface area (TPSA) is 43.6 Å². The van der Waals surface area contributed by atoms with E-state index >= 15 is 0 Å². The second kappa shape index (κ2) is 15.5. The molecule has 2 heterocycles. The SMILES string of the molecule is c1ccc(-c2ccc(-c3cccc(-n4c5ccccc5c5ccc(-c6ccc(-c7nc(-c8ccccc8)nc(-c8ccc(-c9ccccc9)cc8)n7)cc6)cc54)c3)cc2)cc1. The molecule has 61 heavy (non-hydrogen) atoms. The van der Waals surface area contributed by atoms with Gasteiger partial charge in [-0.1, -0.05) is 206 Å². The Morgan fingerprint density at radius 3 is 1.10 bits per heavy atom. The number of hydrogen-bond donors (Lipinski definition) is 0. The van der Waals surface area contributed by atoms with Crippen LogP contribution in [0.1, 0.15) is 0 Å². The Labute approximate surface area is 354 Å². The molecule has 11 aromatic rings. The molecule has 0 unspecified atom stereocenters. The number of nitrogens with zero attached hydrogens (tertiary/aromatic N) is 4. The Morgan fingerprint density at radius 1 is 0.230 bits per heavy atom. The number of rotatable bonds is 8. The lowest BCUT2D eigenvalue weighted by Crippen LogP contribution is -2.00. The lowest BCUT2D eigenvalue weighted by atomic mass is 10.00. The Bertz CT molecular complexity index is 3300. The zero-order valence-corrected chi connectivity index (χ0v) is 33.2. The minimum absolute atomic E-state index is 0.632. The van der Waals surface area contributed by atoms with Gasteiger partial charge >= 0.3 is 0 Å². The summed E-state index contributed by atoms with van der Waals surface area (Å²) in [6, 6.07) is 81.3. The van der Waals surface area contributed by atoms with Crippen molar-refractivity contribution >= 4 is 21.8 Å². The monoisotopic (exact) mass is 778 g/mol. The molecule has 0 atom stereocenters. The molecular weight excluding hydrogens is 741 g/mol. The van der Waals surface area contributed by atoms with Crippen molar-refractivity contribution in [1.29, 1.82) is 0 Å². The van der Waals surface area contributed by atoms with Crippen LogP contribution < -0.4 is 0 Å². The summed E-state index contributed by atoms with van der Waals surface area (Å²) in [4.78, 5) is 15.0. The highest BCUT2D eigenvalue weighted by molar-refractivity contribution is 6.10. The van der Waals surface area contributed by atoms with Gasteiger partial charge in [0.05, 0.1) is 11.0 Å². The molecule has 9 aromatic carbocycles. The van der Waals surface area contributed by atoms with E-state index in [0.29, 0.717) is 17.5 Å². The fourth-order valence-electron chi connectivity index (χ4n) is 8.34. The third-order valence-electron chi connectivity index (χ3n) is 11.5. The van der Waals surface area contributed by atoms with Crippen molar-refractivity contribution in [2.45, 2.75) is 0 Å². The van der Waals surface area contributed by atoms with Crippen LogP contribution in [0.25, 0.3) is 106 Å². The molecule has 0 aliphatic rings. The normalized spacial score (nSPS) is 11.3. The molecule has 4 nitrogen and oxygen atoms in total. The van der Waals surface area contributed by atoms with Crippen LogP contribution in [0, 0.1) is 0 Å². The van der Waals surface area contributed by atoms with Crippen molar-refractivity contribution in [1.82, 2.24) is 19.5 Å². The number of para-hydroxylation sites is 1. The fraction of sp³-hybridized carbons (Fsp3) is 0. The number of aromatic nitrogens is 4. The second-order valence-electron chi connectivity index (χ2n) is 15.3. The third kappa shape index (κ3) is 6.96. The van der Waals surface area contributed by atoms with Crippen molar-refractivity contribution in [3.8, 4) is 84.4 Å². The van der Waals surface area contributed by atoms with E-state index in [-0.39, 0.29) is 0 Å². The molecule has 0 radical (unpaired) electrons. The van der Waals surface area contributed by atoms with E-state index in [1.807, 2.05) is 36.4 Å². The molecule has 0 aliphatic heterocycles. The molecule has 0 aliphatic carbocycles. The largest absolute Gasteiger partial charge is 0.309 e. The van der Waals surface area contributed by atoms with Crippen LogP contribution in [0.4, 0.5) is 0 Å². The minimum Gasteiger partial charge on any atom is -0.309 e. The number of fused-ring (bicyclic) bond motifs is 3. The molecule has 0 spiro atoms. The van der Waals surface area contributed by atoms with Crippen molar-refractivity contribution in [2.75, 3.05) is 0 Å². The highest BCUT2D eigenvalue weighted by Gasteiger charge is 2.16. The Morgan fingerprint density at radius 2 is 0.574 bits per heavy atom. The van der Waals surface area contributed by atoms with Crippen LogP contribution in [0.5, 0.6) is 0 Å². The quantitative estimate of drug-likeness (QED) is 0.154. The van der Waals surface area contributed by atoms with Crippen LogP contribution >= 0.6 is 0 Å². The van der Waals surface area contributed by atoms with Gasteiger partial charge in [0.15, 0.2) is 17.5 Å². The molecule has 286 valence electrons. The van der Waals surface area contributed by atoms with E-state index in [0.717, 1.165) is 44.6 Å². The summed E-state index contributed by atoms with van der Waals surface area (Å²) in [5.41, 5.74) is 15.6. The zero-order chi connectivity index (χ0) is 40.5. The first-order valence-corrected chi connectivity index (χ1v) is 20.6. The molecule has 0 fully saturated rings. The molecule has 11 rings (SSSR count). The van der Waals surface area contributed by atoms with Gasteiger partial charge in [0.1, 0.15) is 0 Å². The van der Waals surface area contributed by atoms with Gasteiger partial charge in [-0.05, 0) is 68.8 Å². The molecule has 0 bridgehead atoms. The summed E-state index contributed by atoms with van der Waals surface area (Å²) in [7, 11) is 0. The molecule has 4 heteroatoms. The van der Waals surface area contributed by atoms with Gasteiger partial charge in [-0.3, -0.25) is 0 Å². The maximum atomic E-state index is 5.04. The van der Waals surface area contributed by atoms with E-state index in [2.05, 4.69) is 199 Å². The lowest BCUT2D eigenvalue weighted by Gasteiger charge is -2.12. The van der Waals surface area contributed by atoms with Gasteiger partial charge in [0.2, 0.25) is 0 Å². The first kappa shape index (κ1) is 35.9. The van der Waals surface area contributed by atoms with Crippen LogP contribution in [0.3, 0.4) is 0 Å². The Balaban J connectivity index is 0.949. The average Bonchev–Trinajstić information content (AvgIpc) is 3.68. The zero-order valence-electron chi connectivity index (χ0n) is 33.2. The molecule has 2 aromatic heterocycles. The first-order chi connectivity index (χ1) is 30.2. The molecule has 0 saturated heterocycles. The van der Waals surface area contributed by atoms with Crippen molar-refractivity contribution in [3.63, 3.8) is 0 Å². The minimum atomic E-state index is 0.632. The first-order valence-electron chi connectivity index (χ1n) is 20.6. The highest BCUT2D eigenvalue weighted by Crippen LogP contribution is 2.37. The smallest absolute Gasteiger partial charge is 0.164 e. The van der Waals surface area contributed by atoms with Crippen LogP contribution in [-0.2, 0) is 0 Å². The average molecular weight is 779 g/mol. The Kier molecular flexibility index (Phi) is 9.14. The maximum absolute atomic E-state index is 5.04. The summed E-state index contributed by atoms with van der Waals surface area (Å²) >= 11 is 0.